The Morgan fingerprint density at radius 3 is 2.52 bits per heavy atom. The summed E-state index contributed by atoms with van der Waals surface area (Å²) in [6, 6.07) is 12.5. The van der Waals surface area contributed by atoms with Crippen LogP contribution in [0.3, 0.4) is 0 Å². The molecule has 1 N–H and O–H groups in total. The quantitative estimate of drug-likeness (QED) is 0.444. The molecule has 9 heteroatoms. The van der Waals surface area contributed by atoms with E-state index in [0.29, 0.717) is 9.23 Å². The van der Waals surface area contributed by atoms with E-state index in [4.69, 9.17) is 12.2 Å². The molecule has 1 saturated heterocycles. The fraction of sp³-hybridized carbons (Fsp3) is 0.227. The summed E-state index contributed by atoms with van der Waals surface area (Å²) in [4.78, 5) is 26.7. The summed E-state index contributed by atoms with van der Waals surface area (Å²) in [6.45, 7) is 2.19. The molecule has 1 heterocycles. The second-order valence-corrected chi connectivity index (χ2v) is 8.61. The summed E-state index contributed by atoms with van der Waals surface area (Å²) < 4.78 is 39.5. The van der Waals surface area contributed by atoms with Gasteiger partial charge in [0, 0.05) is 13.0 Å². The predicted octanol–water partition coefficient (Wildman–Crippen LogP) is 5.63. The minimum atomic E-state index is -4.56. The molecule has 0 aliphatic carbocycles. The number of benzene rings is 2. The first-order valence-electron chi connectivity index (χ1n) is 9.43. The third kappa shape index (κ3) is 5.95. The molecular formula is C22H19F3N2O2S2. The molecular weight excluding hydrogens is 445 g/mol. The topological polar surface area (TPSA) is 49.4 Å². The number of thioether (sulfide) groups is 1. The van der Waals surface area contributed by atoms with Crippen molar-refractivity contribution >= 4 is 51.9 Å². The second kappa shape index (κ2) is 9.65. The maximum Gasteiger partial charge on any atom is 0.418 e. The van der Waals surface area contributed by atoms with Gasteiger partial charge in [-0.1, -0.05) is 65.9 Å². The second-order valence-electron chi connectivity index (χ2n) is 6.94. The van der Waals surface area contributed by atoms with Crippen LogP contribution in [0.5, 0.6) is 0 Å². The Morgan fingerprint density at radius 1 is 1.16 bits per heavy atom. The van der Waals surface area contributed by atoms with Crippen LogP contribution in [-0.4, -0.2) is 27.6 Å². The van der Waals surface area contributed by atoms with Crippen molar-refractivity contribution in [3.63, 3.8) is 0 Å². The lowest BCUT2D eigenvalue weighted by atomic mass is 10.1. The average Bonchev–Trinajstić information content (AvgIpc) is 2.96. The number of thiocarbonyl (C=S) groups is 1. The number of rotatable bonds is 6. The normalized spacial score (nSPS) is 15.6. The highest BCUT2D eigenvalue weighted by molar-refractivity contribution is 8.26. The van der Waals surface area contributed by atoms with Crippen molar-refractivity contribution in [2.24, 2.45) is 0 Å². The van der Waals surface area contributed by atoms with Crippen molar-refractivity contribution in [3.8, 4) is 0 Å². The highest BCUT2D eigenvalue weighted by Crippen LogP contribution is 2.35. The number of nitrogens with one attached hydrogen (secondary N) is 1. The number of hydrogen-bond acceptors (Lipinski definition) is 4. The van der Waals surface area contributed by atoms with E-state index >= 15 is 0 Å². The molecule has 1 aliphatic rings. The van der Waals surface area contributed by atoms with Crippen molar-refractivity contribution in [2.45, 2.75) is 25.9 Å². The van der Waals surface area contributed by atoms with Gasteiger partial charge in [-0.05, 0) is 37.1 Å². The van der Waals surface area contributed by atoms with Gasteiger partial charge in [0.15, 0.2) is 0 Å². The van der Waals surface area contributed by atoms with E-state index in [-0.39, 0.29) is 31.0 Å². The summed E-state index contributed by atoms with van der Waals surface area (Å²) in [5, 5.41) is 2.30. The van der Waals surface area contributed by atoms with E-state index in [2.05, 4.69) is 5.32 Å². The first kappa shape index (κ1) is 23.0. The Morgan fingerprint density at radius 2 is 1.84 bits per heavy atom. The van der Waals surface area contributed by atoms with Gasteiger partial charge in [-0.25, -0.2) is 0 Å². The zero-order valence-corrected chi connectivity index (χ0v) is 18.2. The van der Waals surface area contributed by atoms with E-state index in [1.54, 1.807) is 6.08 Å². The molecule has 0 bridgehead atoms. The Balaban J connectivity index is 1.56. The third-order valence-corrected chi connectivity index (χ3v) is 5.92. The van der Waals surface area contributed by atoms with Gasteiger partial charge in [-0.3, -0.25) is 14.5 Å². The van der Waals surface area contributed by atoms with Crippen LogP contribution in [0, 0.1) is 6.92 Å². The first-order valence-corrected chi connectivity index (χ1v) is 10.7. The van der Waals surface area contributed by atoms with Crippen LogP contribution in [0.4, 0.5) is 18.9 Å². The van der Waals surface area contributed by atoms with Crippen molar-refractivity contribution in [2.75, 3.05) is 11.9 Å². The first-order chi connectivity index (χ1) is 14.6. The number of amides is 2. The van der Waals surface area contributed by atoms with Crippen molar-refractivity contribution in [3.05, 3.63) is 70.1 Å². The Bertz CT molecular complexity index is 1030. The minimum Gasteiger partial charge on any atom is -0.326 e. The fourth-order valence-corrected chi connectivity index (χ4v) is 4.27. The molecule has 1 aliphatic heterocycles. The van der Waals surface area contributed by atoms with Crippen LogP contribution in [0.1, 0.15) is 29.5 Å². The monoisotopic (exact) mass is 464 g/mol. The maximum absolute atomic E-state index is 13.0. The summed E-state index contributed by atoms with van der Waals surface area (Å²) in [7, 11) is 0. The number of nitrogens with zero attached hydrogens (tertiary/aromatic N) is 1. The van der Waals surface area contributed by atoms with Gasteiger partial charge < -0.3 is 5.32 Å². The lowest BCUT2D eigenvalue weighted by Crippen LogP contribution is -2.29. The number of halogens is 3. The summed E-state index contributed by atoms with van der Waals surface area (Å²) in [5.74, 6) is -0.796. The Hall–Kier alpha value is -2.65. The van der Waals surface area contributed by atoms with E-state index in [1.807, 2.05) is 31.2 Å². The number of anilines is 1. The Kier molecular flexibility index (Phi) is 7.17. The van der Waals surface area contributed by atoms with Crippen molar-refractivity contribution in [1.29, 1.82) is 0 Å². The molecule has 0 aromatic heterocycles. The van der Waals surface area contributed by atoms with Gasteiger partial charge in [0.05, 0.1) is 16.2 Å². The largest absolute Gasteiger partial charge is 0.418 e. The van der Waals surface area contributed by atoms with Gasteiger partial charge in [-0.15, -0.1) is 0 Å². The van der Waals surface area contributed by atoms with E-state index < -0.39 is 17.6 Å². The molecule has 2 aromatic rings. The number of carbonyl (C=O) groups excluding carboxylic acids is 2. The molecule has 162 valence electrons. The highest BCUT2D eigenvalue weighted by atomic mass is 32.2. The number of alkyl halides is 3. The molecule has 0 radical (unpaired) electrons. The van der Waals surface area contributed by atoms with E-state index in [0.717, 1.165) is 17.2 Å². The van der Waals surface area contributed by atoms with Crippen LogP contribution >= 0.6 is 24.0 Å². The lowest BCUT2D eigenvalue weighted by Gasteiger charge is -2.15. The third-order valence-electron chi connectivity index (χ3n) is 4.54. The van der Waals surface area contributed by atoms with Crippen molar-refractivity contribution < 1.29 is 22.8 Å². The van der Waals surface area contributed by atoms with Crippen LogP contribution in [0.25, 0.3) is 6.08 Å². The molecule has 1 fully saturated rings. The van der Waals surface area contributed by atoms with E-state index in [1.165, 1.54) is 34.9 Å². The van der Waals surface area contributed by atoms with E-state index in [9.17, 15) is 22.8 Å². The minimum absolute atomic E-state index is 0.0414. The molecule has 2 amide bonds. The van der Waals surface area contributed by atoms with Gasteiger partial charge in [0.25, 0.3) is 5.91 Å². The van der Waals surface area contributed by atoms with Gasteiger partial charge >= 0.3 is 6.18 Å². The predicted molar refractivity (Wildman–Crippen MR) is 120 cm³/mol. The summed E-state index contributed by atoms with van der Waals surface area (Å²) in [5.41, 5.74) is 0.808. The average molecular weight is 465 g/mol. The molecule has 0 spiro atoms. The highest BCUT2D eigenvalue weighted by Gasteiger charge is 2.34. The molecule has 0 saturated carbocycles. The molecule has 31 heavy (non-hydrogen) atoms. The summed E-state index contributed by atoms with van der Waals surface area (Å²) in [6.07, 6.45) is -2.57. The SMILES string of the molecule is Cc1ccc(/C=C2\SC(=S)N(CCCC(=O)Nc3ccccc3C(F)(F)F)C2=O)cc1. The fourth-order valence-electron chi connectivity index (χ4n) is 2.96. The van der Waals surface area contributed by atoms with Crippen molar-refractivity contribution in [1.82, 2.24) is 4.90 Å². The lowest BCUT2D eigenvalue weighted by molar-refractivity contribution is -0.137. The molecule has 2 aromatic carbocycles. The number of hydrogen-bond donors (Lipinski definition) is 1. The number of para-hydroxylation sites is 1. The van der Waals surface area contributed by atoms with Gasteiger partial charge in [-0.2, -0.15) is 13.2 Å². The zero-order chi connectivity index (χ0) is 22.6. The molecule has 0 unspecified atom stereocenters. The van der Waals surface area contributed by atoms with Crippen LogP contribution in [0.2, 0.25) is 0 Å². The molecule has 4 nitrogen and oxygen atoms in total. The van der Waals surface area contributed by atoms with Crippen LogP contribution < -0.4 is 5.32 Å². The Labute approximate surface area is 187 Å². The number of carbonyl (C=O) groups is 2. The molecule has 0 atom stereocenters. The van der Waals surface area contributed by atoms with Crippen LogP contribution in [-0.2, 0) is 15.8 Å². The van der Waals surface area contributed by atoms with Gasteiger partial charge in [0.2, 0.25) is 5.91 Å². The summed E-state index contributed by atoms with van der Waals surface area (Å²) >= 11 is 6.47. The zero-order valence-electron chi connectivity index (χ0n) is 16.5. The standard InChI is InChI=1S/C22H19F3N2O2S2/c1-14-8-10-15(11-9-14)13-18-20(29)27(21(30)31-18)12-4-7-19(28)26-17-6-3-2-5-16(17)22(23,24)25/h2-3,5-6,8-11,13H,4,7,12H2,1H3,(H,26,28)/b18-13-. The van der Waals surface area contributed by atoms with Gasteiger partial charge in [0.1, 0.15) is 4.32 Å². The maximum atomic E-state index is 13.0. The smallest absolute Gasteiger partial charge is 0.326 e. The number of aryl methyl sites for hydroxylation is 1. The van der Waals surface area contributed by atoms with Crippen LogP contribution in [0.15, 0.2) is 53.4 Å². The molecule has 3 rings (SSSR count).